The number of benzene rings is 1. The highest BCUT2D eigenvalue weighted by Crippen LogP contribution is 2.28. The van der Waals surface area contributed by atoms with Crippen molar-refractivity contribution in [3.63, 3.8) is 0 Å². The number of methoxy groups -OCH3 is 1. The van der Waals surface area contributed by atoms with Crippen molar-refractivity contribution in [2.45, 2.75) is 53.0 Å². The van der Waals surface area contributed by atoms with Crippen LogP contribution in [0.4, 0.5) is 0 Å². The van der Waals surface area contributed by atoms with Crippen LogP contribution >= 0.6 is 0 Å². The van der Waals surface area contributed by atoms with E-state index in [-0.39, 0.29) is 5.91 Å². The summed E-state index contributed by atoms with van der Waals surface area (Å²) in [7, 11) is 1.62. The van der Waals surface area contributed by atoms with Crippen LogP contribution in [-0.2, 0) is 17.8 Å². The zero-order valence-corrected chi connectivity index (χ0v) is 18.1. The highest BCUT2D eigenvalue weighted by Gasteiger charge is 2.13. The molecule has 8 heteroatoms. The molecule has 1 amide bonds. The molecule has 0 radical (unpaired) electrons. The number of hydrogen-bond acceptors (Lipinski definition) is 6. The van der Waals surface area contributed by atoms with E-state index < -0.39 is 0 Å². The summed E-state index contributed by atoms with van der Waals surface area (Å²) >= 11 is 0. The number of nitrogens with one attached hydrogen (secondary N) is 1. The van der Waals surface area contributed by atoms with E-state index in [1.807, 2.05) is 32.0 Å². The van der Waals surface area contributed by atoms with Crippen LogP contribution in [0.3, 0.4) is 0 Å². The van der Waals surface area contributed by atoms with Crippen molar-refractivity contribution < 1.29 is 14.3 Å². The van der Waals surface area contributed by atoms with Crippen molar-refractivity contribution in [1.29, 1.82) is 0 Å². The molecule has 1 aromatic carbocycles. The van der Waals surface area contributed by atoms with Crippen molar-refractivity contribution >= 4 is 11.7 Å². The van der Waals surface area contributed by atoms with Crippen molar-refractivity contribution in [1.82, 2.24) is 24.9 Å². The quantitative estimate of drug-likeness (QED) is 0.515. The zero-order chi connectivity index (χ0) is 21.5. The van der Waals surface area contributed by atoms with E-state index in [9.17, 15) is 4.79 Å². The van der Waals surface area contributed by atoms with Gasteiger partial charge >= 0.3 is 0 Å². The fraction of sp³-hybridized carbons (Fsp3) is 0.455. The summed E-state index contributed by atoms with van der Waals surface area (Å²) in [5, 5.41) is 7.16. The van der Waals surface area contributed by atoms with Crippen molar-refractivity contribution in [3.8, 4) is 11.5 Å². The first-order chi connectivity index (χ1) is 14.5. The Morgan fingerprint density at radius 2 is 2.07 bits per heavy atom. The van der Waals surface area contributed by atoms with Gasteiger partial charge in [0.15, 0.2) is 11.5 Å². The maximum Gasteiger partial charge on any atom is 0.252 e. The Bertz CT molecular complexity index is 1020. The topological polar surface area (TPSA) is 90.6 Å². The minimum Gasteiger partial charge on any atom is -0.493 e. The lowest BCUT2D eigenvalue weighted by Crippen LogP contribution is -2.23. The molecule has 1 N–H and O–H groups in total. The molecule has 2 aromatic heterocycles. The maximum atomic E-state index is 12.4. The zero-order valence-electron chi connectivity index (χ0n) is 18.1. The van der Waals surface area contributed by atoms with Crippen LogP contribution in [0.15, 0.2) is 24.5 Å². The number of hydrogen-bond donors (Lipinski definition) is 1. The average molecular weight is 412 g/mol. The van der Waals surface area contributed by atoms with E-state index in [4.69, 9.17) is 9.47 Å². The predicted octanol–water partition coefficient (Wildman–Crippen LogP) is 3.18. The molecule has 0 saturated heterocycles. The fourth-order valence-electron chi connectivity index (χ4n) is 3.31. The number of aryl methyl sites for hydroxylation is 2. The Labute approximate surface area is 176 Å². The molecule has 0 unspecified atom stereocenters. The molecule has 0 atom stereocenters. The Balaban J connectivity index is 1.56. The summed E-state index contributed by atoms with van der Waals surface area (Å²) in [6, 6.07) is 5.74. The van der Waals surface area contributed by atoms with Gasteiger partial charge in [0, 0.05) is 24.4 Å². The average Bonchev–Trinajstić information content (AvgIpc) is 3.21. The van der Waals surface area contributed by atoms with E-state index in [0.29, 0.717) is 37.5 Å². The van der Waals surface area contributed by atoms with Gasteiger partial charge in [-0.05, 0) is 49.9 Å². The Kier molecular flexibility index (Phi) is 7.21. The lowest BCUT2D eigenvalue weighted by atomic mass is 10.1. The van der Waals surface area contributed by atoms with E-state index >= 15 is 0 Å². The number of aromatic nitrogens is 4. The summed E-state index contributed by atoms with van der Waals surface area (Å²) in [4.78, 5) is 21.0. The van der Waals surface area contributed by atoms with Crippen molar-refractivity contribution in [2.24, 2.45) is 0 Å². The van der Waals surface area contributed by atoms with Gasteiger partial charge in [0.05, 0.1) is 13.7 Å². The van der Waals surface area contributed by atoms with Gasteiger partial charge < -0.3 is 14.8 Å². The first-order valence-corrected chi connectivity index (χ1v) is 10.3. The summed E-state index contributed by atoms with van der Waals surface area (Å²) < 4.78 is 12.9. The number of ether oxygens (including phenoxy) is 2. The van der Waals surface area contributed by atoms with Crippen molar-refractivity contribution in [3.05, 3.63) is 47.0 Å². The minimum absolute atomic E-state index is 0.0188. The Morgan fingerprint density at radius 1 is 1.23 bits per heavy atom. The van der Waals surface area contributed by atoms with Crippen LogP contribution in [0, 0.1) is 13.8 Å². The van der Waals surface area contributed by atoms with E-state index in [2.05, 4.69) is 27.3 Å². The molecule has 8 nitrogen and oxygen atoms in total. The number of amides is 1. The summed E-state index contributed by atoms with van der Waals surface area (Å²) in [6.45, 7) is 7.13. The molecule has 0 aliphatic rings. The molecule has 0 fully saturated rings. The van der Waals surface area contributed by atoms with E-state index in [0.717, 1.165) is 41.1 Å². The number of carbonyl (C=O) groups excluding carboxylic acids is 1. The molecule has 3 aromatic rings. The van der Waals surface area contributed by atoms with Gasteiger partial charge in [-0.3, -0.25) is 4.79 Å². The number of nitrogens with zero attached hydrogens (tertiary/aromatic N) is 4. The molecule has 3 rings (SSSR count). The smallest absolute Gasteiger partial charge is 0.252 e. The lowest BCUT2D eigenvalue weighted by Gasteiger charge is -2.13. The van der Waals surface area contributed by atoms with Gasteiger partial charge in [0.25, 0.3) is 5.78 Å². The number of rotatable bonds is 10. The molecule has 0 spiro atoms. The third kappa shape index (κ3) is 5.06. The van der Waals surface area contributed by atoms with E-state index in [1.54, 1.807) is 11.6 Å². The first kappa shape index (κ1) is 21.5. The third-order valence-electron chi connectivity index (χ3n) is 5.06. The number of fused-ring (bicyclic) bond motifs is 1. The molecular formula is C22H29N5O3. The summed E-state index contributed by atoms with van der Waals surface area (Å²) in [6.07, 6.45) is 4.53. The SMILES string of the molecule is CCCCOc1ccc(CNC(=O)CCc2c(C)nc3ncnn3c2C)cc1OC. The van der Waals surface area contributed by atoms with Gasteiger partial charge in [-0.1, -0.05) is 19.4 Å². The fourth-order valence-corrected chi connectivity index (χ4v) is 3.31. The van der Waals surface area contributed by atoms with Crippen molar-refractivity contribution in [2.75, 3.05) is 13.7 Å². The Morgan fingerprint density at radius 3 is 2.83 bits per heavy atom. The van der Waals surface area contributed by atoms with Crippen LogP contribution < -0.4 is 14.8 Å². The first-order valence-electron chi connectivity index (χ1n) is 10.3. The second-order valence-corrected chi connectivity index (χ2v) is 7.20. The van der Waals surface area contributed by atoms with Gasteiger partial charge in [-0.25, -0.2) is 9.50 Å². The third-order valence-corrected chi connectivity index (χ3v) is 5.06. The predicted molar refractivity (Wildman–Crippen MR) is 114 cm³/mol. The molecule has 160 valence electrons. The molecule has 0 saturated carbocycles. The lowest BCUT2D eigenvalue weighted by molar-refractivity contribution is -0.121. The maximum absolute atomic E-state index is 12.4. The monoisotopic (exact) mass is 411 g/mol. The second-order valence-electron chi connectivity index (χ2n) is 7.20. The van der Waals surface area contributed by atoms with Gasteiger partial charge in [0.2, 0.25) is 5.91 Å². The van der Waals surface area contributed by atoms with Gasteiger partial charge in [-0.2, -0.15) is 10.1 Å². The van der Waals surface area contributed by atoms with Crippen LogP contribution in [0.1, 0.15) is 48.7 Å². The Hall–Kier alpha value is -3.16. The highest BCUT2D eigenvalue weighted by atomic mass is 16.5. The van der Waals surface area contributed by atoms with Gasteiger partial charge in [-0.15, -0.1) is 0 Å². The molecule has 0 aliphatic heterocycles. The van der Waals surface area contributed by atoms with Crippen LogP contribution in [0.25, 0.3) is 5.78 Å². The standard InChI is InChI=1S/C22H29N5O3/c1-5-6-11-30-19-9-7-17(12-20(19)29-4)13-23-21(28)10-8-18-15(2)26-22-24-14-25-27(22)16(18)3/h7,9,12,14H,5-6,8,10-11,13H2,1-4H3,(H,23,28). The van der Waals surface area contributed by atoms with Gasteiger partial charge in [0.1, 0.15) is 6.33 Å². The van der Waals surface area contributed by atoms with Crippen LogP contribution in [0.2, 0.25) is 0 Å². The molecule has 0 bridgehead atoms. The second kappa shape index (κ2) is 10.0. The molecule has 2 heterocycles. The molecule has 0 aliphatic carbocycles. The summed E-state index contributed by atoms with van der Waals surface area (Å²) in [5.74, 6) is 1.96. The largest absolute Gasteiger partial charge is 0.493 e. The van der Waals surface area contributed by atoms with E-state index in [1.165, 1.54) is 6.33 Å². The number of unbranched alkanes of at least 4 members (excludes halogenated alkanes) is 1. The minimum atomic E-state index is -0.0188. The summed E-state index contributed by atoms with van der Waals surface area (Å²) in [5.41, 5.74) is 3.83. The normalized spacial score (nSPS) is 10.9. The van der Waals surface area contributed by atoms with Crippen LogP contribution in [0.5, 0.6) is 11.5 Å². The number of carbonyl (C=O) groups is 1. The molecule has 30 heavy (non-hydrogen) atoms. The molecular weight excluding hydrogens is 382 g/mol. The highest BCUT2D eigenvalue weighted by molar-refractivity contribution is 5.76. The van der Waals surface area contributed by atoms with Crippen LogP contribution in [-0.4, -0.2) is 39.2 Å².